The minimum absolute atomic E-state index is 0.0601. The first kappa shape index (κ1) is 13.1. The largest absolute Gasteiger partial charge is 0.464 e. The summed E-state index contributed by atoms with van der Waals surface area (Å²) < 4.78 is 5.93. The van der Waals surface area contributed by atoms with Crippen molar-refractivity contribution in [2.45, 2.75) is 32.9 Å². The maximum Gasteiger partial charge on any atom is 0.360 e. The average Bonchev–Trinajstić information content (AvgIpc) is 2.73. The number of aromatic nitrogens is 3. The Morgan fingerprint density at radius 3 is 2.82 bits per heavy atom. The van der Waals surface area contributed by atoms with Gasteiger partial charge in [-0.05, 0) is 13.8 Å². The van der Waals surface area contributed by atoms with Crippen LogP contribution in [0.5, 0.6) is 0 Å². The molecule has 0 spiro atoms. The van der Waals surface area contributed by atoms with Crippen LogP contribution in [-0.4, -0.2) is 40.0 Å². The Kier molecular flexibility index (Phi) is 4.62. The third-order valence-corrected chi connectivity index (χ3v) is 1.95. The van der Waals surface area contributed by atoms with Crippen molar-refractivity contribution in [2.24, 2.45) is 0 Å². The topological polar surface area (TPSA) is 86.1 Å². The summed E-state index contributed by atoms with van der Waals surface area (Å²) in [5.74, 6) is -0.599. The molecule has 0 saturated heterocycles. The minimum Gasteiger partial charge on any atom is -0.464 e. The summed E-state index contributed by atoms with van der Waals surface area (Å²) in [6, 6.07) is 0.115. The van der Waals surface area contributed by atoms with Gasteiger partial charge in [0.05, 0.1) is 19.9 Å². The first-order chi connectivity index (χ1) is 8.02. The van der Waals surface area contributed by atoms with Crippen molar-refractivity contribution in [1.82, 2.24) is 20.3 Å². The molecule has 0 aromatic carbocycles. The van der Waals surface area contributed by atoms with Gasteiger partial charge in [-0.15, -0.1) is 5.10 Å². The monoisotopic (exact) mass is 240 g/mol. The lowest BCUT2D eigenvalue weighted by Crippen LogP contribution is -2.30. The fraction of sp³-hybridized carbons (Fsp3) is 0.600. The molecule has 0 atom stereocenters. The zero-order chi connectivity index (χ0) is 12.8. The molecular formula is C10H16N4O3. The molecule has 1 heterocycles. The Morgan fingerprint density at radius 2 is 2.24 bits per heavy atom. The number of ether oxygens (including phenoxy) is 1. The molecule has 1 aromatic rings. The number of carbonyl (C=O) groups is 2. The summed E-state index contributed by atoms with van der Waals surface area (Å²) in [5, 5.41) is 10.1. The maximum atomic E-state index is 11.4. The van der Waals surface area contributed by atoms with Gasteiger partial charge in [-0.25, -0.2) is 4.79 Å². The highest BCUT2D eigenvalue weighted by Crippen LogP contribution is 1.97. The Morgan fingerprint density at radius 1 is 1.53 bits per heavy atom. The first-order valence-electron chi connectivity index (χ1n) is 5.30. The molecule has 1 amide bonds. The lowest BCUT2D eigenvalue weighted by Gasteiger charge is -2.07. The van der Waals surface area contributed by atoms with Gasteiger partial charge in [-0.3, -0.25) is 9.48 Å². The van der Waals surface area contributed by atoms with Crippen LogP contribution >= 0.6 is 0 Å². The van der Waals surface area contributed by atoms with Crippen molar-refractivity contribution >= 4 is 11.9 Å². The first-order valence-corrected chi connectivity index (χ1v) is 5.30. The van der Waals surface area contributed by atoms with Crippen LogP contribution in [0.15, 0.2) is 6.20 Å². The number of amides is 1. The van der Waals surface area contributed by atoms with Crippen molar-refractivity contribution in [3.05, 3.63) is 11.9 Å². The molecule has 0 unspecified atom stereocenters. The zero-order valence-corrected chi connectivity index (χ0v) is 10.1. The number of methoxy groups -OCH3 is 1. The van der Waals surface area contributed by atoms with Crippen LogP contribution in [-0.2, 0) is 16.1 Å². The molecule has 0 saturated carbocycles. The van der Waals surface area contributed by atoms with Crippen LogP contribution in [0.3, 0.4) is 0 Å². The molecule has 0 aliphatic carbocycles. The van der Waals surface area contributed by atoms with Crippen LogP contribution in [0.4, 0.5) is 0 Å². The SMILES string of the molecule is COC(=O)c1cn(CCC(=O)NC(C)C)nn1. The highest BCUT2D eigenvalue weighted by molar-refractivity contribution is 5.86. The lowest BCUT2D eigenvalue weighted by molar-refractivity contribution is -0.121. The fourth-order valence-corrected chi connectivity index (χ4v) is 1.22. The summed E-state index contributed by atoms with van der Waals surface area (Å²) in [6.07, 6.45) is 1.75. The van der Waals surface area contributed by atoms with Gasteiger partial charge in [-0.1, -0.05) is 5.21 Å². The Labute approximate surface area is 99.1 Å². The summed E-state index contributed by atoms with van der Waals surface area (Å²) in [6.45, 7) is 4.16. The Hall–Kier alpha value is -1.92. The zero-order valence-electron chi connectivity index (χ0n) is 10.1. The third-order valence-electron chi connectivity index (χ3n) is 1.95. The van der Waals surface area contributed by atoms with E-state index in [4.69, 9.17) is 0 Å². The van der Waals surface area contributed by atoms with Crippen molar-refractivity contribution < 1.29 is 14.3 Å². The van der Waals surface area contributed by atoms with Gasteiger partial charge in [0.1, 0.15) is 0 Å². The maximum absolute atomic E-state index is 11.4. The standard InChI is InChI=1S/C10H16N4O3/c1-7(2)11-9(15)4-5-14-6-8(12-13-14)10(16)17-3/h6-7H,4-5H2,1-3H3,(H,11,15). The number of aryl methyl sites for hydroxylation is 1. The van der Waals surface area contributed by atoms with Gasteiger partial charge >= 0.3 is 5.97 Å². The predicted molar refractivity (Wildman–Crippen MR) is 59.3 cm³/mol. The second kappa shape index (κ2) is 5.97. The molecule has 0 fully saturated rings. The molecule has 0 radical (unpaired) electrons. The van der Waals surface area contributed by atoms with Crippen LogP contribution in [0, 0.1) is 0 Å². The Bertz CT molecular complexity index is 400. The molecule has 0 bridgehead atoms. The molecule has 7 heteroatoms. The third kappa shape index (κ3) is 4.21. The van der Waals surface area contributed by atoms with Gasteiger partial charge in [-0.2, -0.15) is 0 Å². The molecule has 7 nitrogen and oxygen atoms in total. The molecule has 1 aromatic heterocycles. The molecule has 94 valence electrons. The van der Waals surface area contributed by atoms with E-state index in [-0.39, 0.29) is 17.6 Å². The number of hydrogen-bond acceptors (Lipinski definition) is 5. The molecule has 1 N–H and O–H groups in total. The van der Waals surface area contributed by atoms with E-state index in [1.807, 2.05) is 13.8 Å². The number of nitrogens with one attached hydrogen (secondary N) is 1. The molecule has 17 heavy (non-hydrogen) atoms. The highest BCUT2D eigenvalue weighted by atomic mass is 16.5. The fourth-order valence-electron chi connectivity index (χ4n) is 1.22. The van der Waals surface area contributed by atoms with E-state index in [9.17, 15) is 9.59 Å². The summed E-state index contributed by atoms with van der Waals surface area (Å²) in [7, 11) is 1.28. The second-order valence-corrected chi connectivity index (χ2v) is 3.83. The minimum atomic E-state index is -0.539. The molecule has 1 rings (SSSR count). The summed E-state index contributed by atoms with van der Waals surface area (Å²) in [4.78, 5) is 22.5. The number of nitrogens with zero attached hydrogens (tertiary/aromatic N) is 3. The predicted octanol–water partition coefficient (Wildman–Crippen LogP) is -0.0206. The van der Waals surface area contributed by atoms with Crippen molar-refractivity contribution in [2.75, 3.05) is 7.11 Å². The van der Waals surface area contributed by atoms with Crippen LogP contribution in [0.25, 0.3) is 0 Å². The van der Waals surface area contributed by atoms with Gasteiger partial charge in [0.2, 0.25) is 5.91 Å². The van der Waals surface area contributed by atoms with Crippen LogP contribution in [0.2, 0.25) is 0 Å². The van der Waals surface area contributed by atoms with Crippen LogP contribution < -0.4 is 5.32 Å². The molecule has 0 aliphatic rings. The van der Waals surface area contributed by atoms with E-state index in [1.165, 1.54) is 18.0 Å². The Balaban J connectivity index is 2.45. The smallest absolute Gasteiger partial charge is 0.360 e. The second-order valence-electron chi connectivity index (χ2n) is 3.83. The van der Waals surface area contributed by atoms with E-state index in [2.05, 4.69) is 20.4 Å². The number of hydrogen-bond donors (Lipinski definition) is 1. The van der Waals surface area contributed by atoms with Crippen molar-refractivity contribution in [1.29, 1.82) is 0 Å². The van der Waals surface area contributed by atoms with Crippen molar-refractivity contribution in [3.63, 3.8) is 0 Å². The number of rotatable bonds is 5. The van der Waals surface area contributed by atoms with Gasteiger partial charge in [0.25, 0.3) is 0 Å². The normalized spacial score (nSPS) is 10.4. The molecule has 0 aliphatic heterocycles. The van der Waals surface area contributed by atoms with E-state index in [0.717, 1.165) is 0 Å². The number of carbonyl (C=O) groups excluding carboxylic acids is 2. The molecular weight excluding hydrogens is 224 g/mol. The van der Waals surface area contributed by atoms with Crippen LogP contribution in [0.1, 0.15) is 30.8 Å². The van der Waals surface area contributed by atoms with E-state index < -0.39 is 5.97 Å². The quantitative estimate of drug-likeness (QED) is 0.731. The average molecular weight is 240 g/mol. The van der Waals surface area contributed by atoms with Gasteiger partial charge in [0, 0.05) is 12.5 Å². The summed E-state index contributed by atoms with van der Waals surface area (Å²) in [5.41, 5.74) is 0.136. The lowest BCUT2D eigenvalue weighted by atomic mass is 10.3. The van der Waals surface area contributed by atoms with E-state index >= 15 is 0 Å². The van der Waals surface area contributed by atoms with Gasteiger partial charge < -0.3 is 10.1 Å². The van der Waals surface area contributed by atoms with Gasteiger partial charge in [0.15, 0.2) is 5.69 Å². The van der Waals surface area contributed by atoms with Crippen molar-refractivity contribution in [3.8, 4) is 0 Å². The summed E-state index contributed by atoms with van der Waals surface area (Å²) >= 11 is 0. The van der Waals surface area contributed by atoms with E-state index in [0.29, 0.717) is 13.0 Å². The highest BCUT2D eigenvalue weighted by Gasteiger charge is 2.11. The number of esters is 1. The van der Waals surface area contributed by atoms with E-state index in [1.54, 1.807) is 0 Å².